The van der Waals surface area contributed by atoms with Crippen molar-refractivity contribution in [2.24, 2.45) is 0 Å². The zero-order chi connectivity index (χ0) is 25.2. The Kier molecular flexibility index (Phi) is 10.2. The first kappa shape index (κ1) is 26.8. The number of thioether (sulfide) groups is 1. The van der Waals surface area contributed by atoms with E-state index in [4.69, 9.17) is 11.6 Å². The van der Waals surface area contributed by atoms with Gasteiger partial charge in [-0.15, -0.1) is 11.8 Å². The SMILES string of the molecule is CC(C)NC(=O)[C@@H](Cc1ccccc1)N(Cc1ccccc1Cl)C(=O)CSCc1ccc(F)cc1. The average Bonchev–Trinajstić information content (AvgIpc) is 2.83. The standard InChI is InChI=1S/C28H30ClFN2O2S/c1-20(2)31-28(34)26(16-21-8-4-3-5-9-21)32(17-23-10-6-7-11-25(23)29)27(33)19-35-18-22-12-14-24(30)15-13-22/h3-15,20,26H,16-19H2,1-2H3,(H,31,34)/t26-/m1/s1. The van der Waals surface area contributed by atoms with Crippen molar-refractivity contribution in [3.05, 3.63) is 106 Å². The quantitative estimate of drug-likeness (QED) is 0.349. The highest BCUT2D eigenvalue weighted by Gasteiger charge is 2.31. The fourth-order valence-corrected chi connectivity index (χ4v) is 4.73. The minimum Gasteiger partial charge on any atom is -0.352 e. The number of nitrogens with zero attached hydrogens (tertiary/aromatic N) is 1. The van der Waals surface area contributed by atoms with Gasteiger partial charge in [0.25, 0.3) is 0 Å². The third-order valence-electron chi connectivity index (χ3n) is 5.41. The zero-order valence-corrected chi connectivity index (χ0v) is 21.5. The molecule has 0 bridgehead atoms. The van der Waals surface area contributed by atoms with E-state index in [9.17, 15) is 14.0 Å². The molecule has 0 heterocycles. The molecule has 2 amide bonds. The zero-order valence-electron chi connectivity index (χ0n) is 19.9. The summed E-state index contributed by atoms with van der Waals surface area (Å²) in [4.78, 5) is 28.5. The molecule has 7 heteroatoms. The maximum absolute atomic E-state index is 13.5. The van der Waals surface area contributed by atoms with Gasteiger partial charge in [-0.1, -0.05) is 72.3 Å². The topological polar surface area (TPSA) is 49.4 Å². The average molecular weight is 513 g/mol. The molecule has 35 heavy (non-hydrogen) atoms. The van der Waals surface area contributed by atoms with Crippen molar-refractivity contribution in [1.82, 2.24) is 10.2 Å². The highest BCUT2D eigenvalue weighted by molar-refractivity contribution is 7.99. The molecule has 0 unspecified atom stereocenters. The molecule has 0 radical (unpaired) electrons. The molecule has 1 N–H and O–H groups in total. The maximum Gasteiger partial charge on any atom is 0.243 e. The van der Waals surface area contributed by atoms with E-state index in [0.717, 1.165) is 16.7 Å². The Bertz CT molecular complexity index is 1110. The van der Waals surface area contributed by atoms with Gasteiger partial charge in [0, 0.05) is 29.8 Å². The maximum atomic E-state index is 13.5. The highest BCUT2D eigenvalue weighted by atomic mass is 35.5. The van der Waals surface area contributed by atoms with E-state index in [2.05, 4.69) is 5.32 Å². The van der Waals surface area contributed by atoms with Gasteiger partial charge in [-0.3, -0.25) is 9.59 Å². The lowest BCUT2D eigenvalue weighted by Gasteiger charge is -2.32. The normalized spacial score (nSPS) is 11.8. The number of amides is 2. The fourth-order valence-electron chi connectivity index (χ4n) is 3.66. The van der Waals surface area contributed by atoms with E-state index in [-0.39, 0.29) is 36.0 Å². The van der Waals surface area contributed by atoms with Crippen LogP contribution in [-0.4, -0.2) is 34.6 Å². The van der Waals surface area contributed by atoms with Crippen LogP contribution in [0.1, 0.15) is 30.5 Å². The molecular weight excluding hydrogens is 483 g/mol. The molecule has 3 rings (SSSR count). The third kappa shape index (κ3) is 8.41. The van der Waals surface area contributed by atoms with Crippen LogP contribution in [-0.2, 0) is 28.3 Å². The first-order valence-corrected chi connectivity index (χ1v) is 13.1. The number of benzene rings is 3. The Morgan fingerprint density at radius 1 is 0.943 bits per heavy atom. The molecule has 0 saturated carbocycles. The molecule has 1 atom stereocenters. The summed E-state index contributed by atoms with van der Waals surface area (Å²) in [6.45, 7) is 4.02. The van der Waals surface area contributed by atoms with Crippen molar-refractivity contribution < 1.29 is 14.0 Å². The van der Waals surface area contributed by atoms with Crippen LogP contribution < -0.4 is 5.32 Å². The van der Waals surface area contributed by atoms with Crippen LogP contribution in [0.5, 0.6) is 0 Å². The molecule has 4 nitrogen and oxygen atoms in total. The summed E-state index contributed by atoms with van der Waals surface area (Å²) in [7, 11) is 0. The summed E-state index contributed by atoms with van der Waals surface area (Å²) in [5.41, 5.74) is 2.68. The molecule has 0 aromatic heterocycles. The Morgan fingerprint density at radius 2 is 1.60 bits per heavy atom. The molecular formula is C28H30ClFN2O2S. The van der Waals surface area contributed by atoms with E-state index in [1.165, 1.54) is 23.9 Å². The van der Waals surface area contributed by atoms with Gasteiger partial charge in [0.05, 0.1) is 5.75 Å². The second-order valence-electron chi connectivity index (χ2n) is 8.60. The third-order valence-corrected chi connectivity index (χ3v) is 6.77. The van der Waals surface area contributed by atoms with Crippen LogP contribution in [0.3, 0.4) is 0 Å². The van der Waals surface area contributed by atoms with E-state index in [1.54, 1.807) is 23.1 Å². The van der Waals surface area contributed by atoms with E-state index < -0.39 is 6.04 Å². The molecule has 0 spiro atoms. The number of rotatable bonds is 11. The monoisotopic (exact) mass is 512 g/mol. The Balaban J connectivity index is 1.85. The molecule has 0 aliphatic carbocycles. The highest BCUT2D eigenvalue weighted by Crippen LogP contribution is 2.22. The Labute approximate surface area is 215 Å². The molecule has 184 valence electrons. The Morgan fingerprint density at radius 3 is 2.26 bits per heavy atom. The van der Waals surface area contributed by atoms with Crippen LogP contribution >= 0.6 is 23.4 Å². The number of carbonyl (C=O) groups is 2. The number of carbonyl (C=O) groups excluding carboxylic acids is 2. The van der Waals surface area contributed by atoms with Crippen molar-refractivity contribution in [2.45, 2.75) is 44.6 Å². The van der Waals surface area contributed by atoms with E-state index in [0.29, 0.717) is 17.2 Å². The molecule has 3 aromatic rings. The van der Waals surface area contributed by atoms with E-state index in [1.807, 2.05) is 62.4 Å². The molecule has 3 aromatic carbocycles. The summed E-state index contributed by atoms with van der Waals surface area (Å²) in [5.74, 6) is 0.0978. The second kappa shape index (κ2) is 13.3. The second-order valence-corrected chi connectivity index (χ2v) is 9.99. The van der Waals surface area contributed by atoms with Crippen molar-refractivity contribution in [3.63, 3.8) is 0 Å². The summed E-state index contributed by atoms with van der Waals surface area (Å²) in [6, 6.07) is 22.5. The number of hydrogen-bond acceptors (Lipinski definition) is 3. The van der Waals surface area contributed by atoms with Gasteiger partial charge >= 0.3 is 0 Å². The van der Waals surface area contributed by atoms with Gasteiger partial charge in [0.15, 0.2) is 0 Å². The largest absolute Gasteiger partial charge is 0.352 e. The van der Waals surface area contributed by atoms with Crippen LogP contribution in [0.25, 0.3) is 0 Å². The number of halogens is 2. The summed E-state index contributed by atoms with van der Waals surface area (Å²) in [6.07, 6.45) is 0.387. The van der Waals surface area contributed by atoms with E-state index >= 15 is 0 Å². The lowest BCUT2D eigenvalue weighted by molar-refractivity contribution is -0.139. The van der Waals surface area contributed by atoms with Crippen molar-refractivity contribution in [2.75, 3.05) is 5.75 Å². The predicted octanol–water partition coefficient (Wildman–Crippen LogP) is 5.88. The van der Waals surface area contributed by atoms with Gasteiger partial charge in [0.1, 0.15) is 11.9 Å². The van der Waals surface area contributed by atoms with Crippen molar-refractivity contribution in [3.8, 4) is 0 Å². The summed E-state index contributed by atoms with van der Waals surface area (Å²) in [5, 5.41) is 3.53. The van der Waals surface area contributed by atoms with Crippen LogP contribution in [0.2, 0.25) is 5.02 Å². The minimum absolute atomic E-state index is 0.0640. The van der Waals surface area contributed by atoms with Gasteiger partial charge in [-0.2, -0.15) is 0 Å². The van der Waals surface area contributed by atoms with Crippen LogP contribution in [0, 0.1) is 5.82 Å². The lowest BCUT2D eigenvalue weighted by Crippen LogP contribution is -2.52. The van der Waals surface area contributed by atoms with Crippen LogP contribution in [0.15, 0.2) is 78.9 Å². The predicted molar refractivity (Wildman–Crippen MR) is 142 cm³/mol. The van der Waals surface area contributed by atoms with Gasteiger partial charge in [0.2, 0.25) is 11.8 Å². The Hall–Kier alpha value is -2.83. The van der Waals surface area contributed by atoms with Crippen LogP contribution in [0.4, 0.5) is 4.39 Å². The summed E-state index contributed by atoms with van der Waals surface area (Å²) >= 11 is 7.86. The first-order chi connectivity index (χ1) is 16.8. The lowest BCUT2D eigenvalue weighted by atomic mass is 10.0. The number of nitrogens with one attached hydrogen (secondary N) is 1. The van der Waals surface area contributed by atoms with Gasteiger partial charge < -0.3 is 10.2 Å². The number of hydrogen-bond donors (Lipinski definition) is 1. The summed E-state index contributed by atoms with van der Waals surface area (Å²) < 4.78 is 13.2. The molecule has 0 aliphatic rings. The molecule has 0 saturated heterocycles. The minimum atomic E-state index is -0.699. The fraction of sp³-hybridized carbons (Fsp3) is 0.286. The smallest absolute Gasteiger partial charge is 0.243 e. The molecule has 0 fully saturated rings. The van der Waals surface area contributed by atoms with Gasteiger partial charge in [-0.05, 0) is 48.7 Å². The molecule has 0 aliphatic heterocycles. The van der Waals surface area contributed by atoms with Crippen molar-refractivity contribution >= 4 is 35.2 Å². The van der Waals surface area contributed by atoms with Crippen molar-refractivity contribution in [1.29, 1.82) is 0 Å². The first-order valence-electron chi connectivity index (χ1n) is 11.5. The van der Waals surface area contributed by atoms with Gasteiger partial charge in [-0.25, -0.2) is 4.39 Å².